The molecule has 0 aliphatic rings. The van der Waals surface area contributed by atoms with E-state index in [1.165, 1.54) is 0 Å². The van der Waals surface area contributed by atoms with Gasteiger partial charge < -0.3 is 14.5 Å². The first-order valence-corrected chi connectivity index (χ1v) is 6.85. The number of hydrogen-bond donors (Lipinski definition) is 3. The van der Waals surface area contributed by atoms with Crippen molar-refractivity contribution < 1.29 is 9.15 Å². The summed E-state index contributed by atoms with van der Waals surface area (Å²) in [6.45, 7) is 4.55. The summed E-state index contributed by atoms with van der Waals surface area (Å²) in [7, 11) is 0. The number of anilines is 2. The van der Waals surface area contributed by atoms with Gasteiger partial charge in [0.25, 0.3) is 0 Å². The second-order valence-corrected chi connectivity index (χ2v) is 4.59. The number of rotatable bonds is 8. The van der Waals surface area contributed by atoms with Gasteiger partial charge in [-0.2, -0.15) is 15.0 Å². The molecule has 8 nitrogen and oxygen atoms in total. The van der Waals surface area contributed by atoms with Gasteiger partial charge in [0.15, 0.2) is 0 Å². The number of hydrogen-bond acceptors (Lipinski definition) is 8. The molecule has 0 fully saturated rings. The van der Waals surface area contributed by atoms with Crippen molar-refractivity contribution >= 4 is 11.9 Å². The molecule has 0 aliphatic carbocycles. The topological polar surface area (TPSA) is 111 Å². The van der Waals surface area contributed by atoms with Crippen LogP contribution in [0, 0.1) is 0 Å². The molecule has 8 heteroatoms. The lowest BCUT2D eigenvalue weighted by Gasteiger charge is -2.13. The van der Waals surface area contributed by atoms with E-state index in [1.807, 2.05) is 26.0 Å². The molecule has 0 radical (unpaired) electrons. The fraction of sp³-hybridized carbons (Fsp3) is 0.462. The van der Waals surface area contributed by atoms with E-state index in [4.69, 9.17) is 15.0 Å². The number of aromatic nitrogens is 3. The van der Waals surface area contributed by atoms with Gasteiger partial charge in [0.05, 0.1) is 12.9 Å². The zero-order valence-corrected chi connectivity index (χ0v) is 12.2. The molecule has 1 unspecified atom stereocenters. The van der Waals surface area contributed by atoms with Crippen molar-refractivity contribution in [3.8, 4) is 6.01 Å². The molecule has 2 aromatic rings. The van der Waals surface area contributed by atoms with E-state index in [0.29, 0.717) is 12.6 Å². The third-order valence-corrected chi connectivity index (χ3v) is 2.64. The molecule has 0 saturated heterocycles. The number of nitrogens with zero attached hydrogens (tertiary/aromatic N) is 3. The van der Waals surface area contributed by atoms with Crippen molar-refractivity contribution in [2.75, 3.05) is 17.3 Å². The Kier molecular flexibility index (Phi) is 5.33. The predicted molar refractivity (Wildman–Crippen MR) is 78.9 cm³/mol. The second-order valence-electron chi connectivity index (χ2n) is 4.59. The molecule has 0 aromatic carbocycles. The highest BCUT2D eigenvalue weighted by atomic mass is 16.5. The van der Waals surface area contributed by atoms with Crippen LogP contribution in [0.2, 0.25) is 0 Å². The lowest BCUT2D eigenvalue weighted by atomic mass is 10.2. The molecule has 0 amide bonds. The van der Waals surface area contributed by atoms with Crippen LogP contribution in [0.4, 0.5) is 11.9 Å². The predicted octanol–water partition coefficient (Wildman–Crippen LogP) is 1.58. The van der Waals surface area contributed by atoms with E-state index in [1.54, 1.807) is 6.26 Å². The van der Waals surface area contributed by atoms with Gasteiger partial charge in [-0.25, -0.2) is 5.84 Å². The van der Waals surface area contributed by atoms with Gasteiger partial charge in [-0.05, 0) is 25.5 Å². The largest absolute Gasteiger partial charge is 0.469 e. The van der Waals surface area contributed by atoms with Crippen molar-refractivity contribution in [1.29, 1.82) is 0 Å². The van der Waals surface area contributed by atoms with Gasteiger partial charge in [-0.15, -0.1) is 0 Å². The van der Waals surface area contributed by atoms with Crippen molar-refractivity contribution in [2.45, 2.75) is 32.7 Å². The summed E-state index contributed by atoms with van der Waals surface area (Å²) >= 11 is 0. The first-order valence-electron chi connectivity index (χ1n) is 6.85. The summed E-state index contributed by atoms with van der Waals surface area (Å²) in [6, 6.07) is 4.11. The first kappa shape index (κ1) is 15.0. The maximum absolute atomic E-state index is 5.41. The number of hydrazine groups is 1. The Labute approximate surface area is 123 Å². The van der Waals surface area contributed by atoms with E-state index in [9.17, 15) is 0 Å². The molecule has 0 aliphatic heterocycles. The van der Waals surface area contributed by atoms with Crippen molar-refractivity contribution in [3.63, 3.8) is 0 Å². The Bertz CT molecular complexity index is 546. The molecular weight excluding hydrogens is 272 g/mol. The summed E-state index contributed by atoms with van der Waals surface area (Å²) in [5, 5.41) is 3.17. The average molecular weight is 292 g/mol. The molecule has 0 saturated carbocycles. The van der Waals surface area contributed by atoms with Crippen LogP contribution >= 0.6 is 0 Å². The summed E-state index contributed by atoms with van der Waals surface area (Å²) in [6.07, 6.45) is 3.24. The fourth-order valence-electron chi connectivity index (χ4n) is 1.75. The molecule has 2 heterocycles. The summed E-state index contributed by atoms with van der Waals surface area (Å²) < 4.78 is 10.7. The monoisotopic (exact) mass is 292 g/mol. The highest BCUT2D eigenvalue weighted by molar-refractivity contribution is 5.35. The van der Waals surface area contributed by atoms with Gasteiger partial charge in [0.1, 0.15) is 5.76 Å². The Balaban J connectivity index is 2.03. The quantitative estimate of drug-likeness (QED) is 0.497. The van der Waals surface area contributed by atoms with E-state index < -0.39 is 0 Å². The Hall–Kier alpha value is -2.35. The lowest BCUT2D eigenvalue weighted by Crippen LogP contribution is -2.21. The van der Waals surface area contributed by atoms with Crippen LogP contribution in [0.5, 0.6) is 6.01 Å². The van der Waals surface area contributed by atoms with Crippen LogP contribution in [-0.4, -0.2) is 27.6 Å². The van der Waals surface area contributed by atoms with E-state index in [-0.39, 0.29) is 18.0 Å². The third kappa shape index (κ3) is 4.60. The van der Waals surface area contributed by atoms with Crippen LogP contribution in [0.25, 0.3) is 0 Å². The van der Waals surface area contributed by atoms with Crippen molar-refractivity contribution in [1.82, 2.24) is 15.0 Å². The molecule has 21 heavy (non-hydrogen) atoms. The normalized spacial score (nSPS) is 12.0. The molecule has 114 valence electrons. The lowest BCUT2D eigenvalue weighted by molar-refractivity contribution is 0.292. The minimum atomic E-state index is 0.0863. The van der Waals surface area contributed by atoms with Gasteiger partial charge in [-0.1, -0.05) is 6.92 Å². The highest BCUT2D eigenvalue weighted by Crippen LogP contribution is 2.13. The molecule has 0 bridgehead atoms. The van der Waals surface area contributed by atoms with Crippen molar-refractivity contribution in [3.05, 3.63) is 24.2 Å². The summed E-state index contributed by atoms with van der Waals surface area (Å²) in [5.41, 5.74) is 2.40. The molecular formula is C13H20N6O2. The van der Waals surface area contributed by atoms with Crippen LogP contribution in [0.3, 0.4) is 0 Å². The zero-order valence-electron chi connectivity index (χ0n) is 12.2. The van der Waals surface area contributed by atoms with E-state index >= 15 is 0 Å². The molecule has 2 aromatic heterocycles. The maximum atomic E-state index is 5.41. The standard InChI is InChI=1S/C13H20N6O2/c1-3-6-21-13-17-11(16-12(18-13)19-14)15-9(2)8-10-5-4-7-20-10/h4-5,7,9H,3,6,8,14H2,1-2H3,(H2,15,16,17,18,19). The Morgan fingerprint density at radius 1 is 1.33 bits per heavy atom. The summed E-state index contributed by atoms with van der Waals surface area (Å²) in [4.78, 5) is 12.4. The minimum Gasteiger partial charge on any atom is -0.469 e. The van der Waals surface area contributed by atoms with Gasteiger partial charge in [0, 0.05) is 12.5 Å². The summed E-state index contributed by atoms with van der Waals surface area (Å²) in [5.74, 6) is 6.91. The van der Waals surface area contributed by atoms with Crippen LogP contribution in [0.1, 0.15) is 26.0 Å². The number of nitrogens with one attached hydrogen (secondary N) is 2. The number of nitrogens with two attached hydrogens (primary N) is 1. The number of furan rings is 1. The smallest absolute Gasteiger partial charge is 0.323 e. The Morgan fingerprint density at radius 2 is 2.14 bits per heavy atom. The molecule has 0 spiro atoms. The number of nitrogen functional groups attached to an aromatic ring is 1. The van der Waals surface area contributed by atoms with E-state index in [0.717, 1.165) is 18.6 Å². The Morgan fingerprint density at radius 3 is 2.81 bits per heavy atom. The molecule has 4 N–H and O–H groups in total. The van der Waals surface area contributed by atoms with Gasteiger partial charge in [-0.3, -0.25) is 5.43 Å². The second kappa shape index (κ2) is 7.44. The van der Waals surface area contributed by atoms with Crippen molar-refractivity contribution in [2.24, 2.45) is 5.84 Å². The minimum absolute atomic E-state index is 0.0863. The van der Waals surface area contributed by atoms with Gasteiger partial charge >= 0.3 is 6.01 Å². The van der Waals surface area contributed by atoms with E-state index in [2.05, 4.69) is 25.7 Å². The number of ether oxygens (including phenoxy) is 1. The zero-order chi connectivity index (χ0) is 15.1. The molecule has 2 rings (SSSR count). The fourth-order valence-corrected chi connectivity index (χ4v) is 1.75. The first-order chi connectivity index (χ1) is 10.2. The SMILES string of the molecule is CCCOc1nc(NN)nc(NC(C)Cc2ccco2)n1. The van der Waals surface area contributed by atoms with Crippen LogP contribution in [-0.2, 0) is 6.42 Å². The van der Waals surface area contributed by atoms with Crippen LogP contribution < -0.4 is 21.3 Å². The highest BCUT2D eigenvalue weighted by Gasteiger charge is 2.11. The molecule has 1 atom stereocenters. The third-order valence-electron chi connectivity index (χ3n) is 2.64. The maximum Gasteiger partial charge on any atom is 0.323 e. The van der Waals surface area contributed by atoms with Crippen LogP contribution in [0.15, 0.2) is 22.8 Å². The average Bonchev–Trinajstić information content (AvgIpc) is 2.97. The van der Waals surface area contributed by atoms with Gasteiger partial charge in [0.2, 0.25) is 11.9 Å².